The first kappa shape index (κ1) is 39.1. The van der Waals surface area contributed by atoms with Gasteiger partial charge in [0.05, 0.1) is 12.6 Å². The minimum absolute atomic E-state index is 0.00335. The Morgan fingerprint density at radius 3 is 2.38 bits per heavy atom. The number of carbonyl (C=O) groups excluding carboxylic acids is 2. The molecule has 1 aliphatic carbocycles. The normalized spacial score (nSPS) is 16.1. The van der Waals surface area contributed by atoms with Gasteiger partial charge in [0.2, 0.25) is 5.91 Å². The molecule has 0 aromatic heterocycles. The molecule has 1 unspecified atom stereocenters. The van der Waals surface area contributed by atoms with Gasteiger partial charge in [-0.15, -0.1) is 0 Å². The summed E-state index contributed by atoms with van der Waals surface area (Å²) in [5, 5.41) is 6.17. The summed E-state index contributed by atoms with van der Waals surface area (Å²) in [7, 11) is 1.54. The number of nitrogens with zero attached hydrogens (tertiary/aromatic N) is 1. The maximum absolute atomic E-state index is 14.7. The van der Waals surface area contributed by atoms with Gasteiger partial charge in [-0.2, -0.15) is 13.2 Å². The van der Waals surface area contributed by atoms with Gasteiger partial charge in [0.15, 0.2) is 0 Å². The number of para-hydroxylation sites is 1. The number of alkyl halides is 3. The monoisotopic (exact) mass is 743 g/mol. The average Bonchev–Trinajstić information content (AvgIpc) is 3.95. The fraction of sp³-hybridized carbons (Fsp3) is 0.436. The van der Waals surface area contributed by atoms with Crippen LogP contribution in [0.15, 0.2) is 66.2 Å². The van der Waals surface area contributed by atoms with E-state index in [9.17, 15) is 22.8 Å². The highest BCUT2D eigenvalue weighted by atomic mass is 35.5. The van der Waals surface area contributed by atoms with Crippen LogP contribution >= 0.6 is 11.6 Å². The molecule has 1 atom stereocenters. The Labute approximate surface area is 307 Å². The van der Waals surface area contributed by atoms with E-state index in [0.29, 0.717) is 53.7 Å². The number of carbonyl (C=O) groups is 2. The topological polar surface area (TPSA) is 98.4 Å². The number of nitrogens with one attached hydrogen (secondary N) is 2. The van der Waals surface area contributed by atoms with Crippen molar-refractivity contribution in [3.05, 3.63) is 99.1 Å². The van der Waals surface area contributed by atoms with E-state index in [2.05, 4.69) is 10.6 Å². The molecule has 9 nitrogen and oxygen atoms in total. The van der Waals surface area contributed by atoms with Crippen molar-refractivity contribution in [3.63, 3.8) is 0 Å². The largest absolute Gasteiger partial charge is 0.490 e. The van der Waals surface area contributed by atoms with E-state index < -0.39 is 24.5 Å². The maximum atomic E-state index is 14.7. The minimum atomic E-state index is -4.60. The highest BCUT2D eigenvalue weighted by molar-refractivity contribution is 6.31. The van der Waals surface area contributed by atoms with E-state index in [4.69, 9.17) is 30.5 Å². The molecule has 2 amide bonds. The van der Waals surface area contributed by atoms with Gasteiger partial charge in [0.1, 0.15) is 37.9 Å². The molecule has 0 saturated heterocycles. The molecular weight excluding hydrogens is 699 g/mol. The summed E-state index contributed by atoms with van der Waals surface area (Å²) < 4.78 is 60.8. The van der Waals surface area contributed by atoms with Crippen LogP contribution in [0.25, 0.3) is 5.57 Å². The summed E-state index contributed by atoms with van der Waals surface area (Å²) in [6.07, 6.45) is -3.89. The number of hydrogen-bond donors (Lipinski definition) is 2. The van der Waals surface area contributed by atoms with E-state index in [1.165, 1.54) is 7.11 Å². The number of benzene rings is 3. The lowest BCUT2D eigenvalue weighted by Gasteiger charge is -2.33. The predicted octanol–water partition coefficient (Wildman–Crippen LogP) is 6.91. The van der Waals surface area contributed by atoms with Crippen LogP contribution in [0.1, 0.15) is 53.5 Å². The second-order valence-corrected chi connectivity index (χ2v) is 13.4. The van der Waals surface area contributed by atoms with Crippen LogP contribution in [-0.4, -0.2) is 75.2 Å². The van der Waals surface area contributed by atoms with Crippen LogP contribution in [-0.2, 0) is 32.2 Å². The zero-order valence-electron chi connectivity index (χ0n) is 29.6. The fourth-order valence-electron chi connectivity index (χ4n) is 6.27. The lowest BCUT2D eigenvalue weighted by molar-refractivity contribution is -0.153. The summed E-state index contributed by atoms with van der Waals surface area (Å²) in [5.74, 6) is 0.273. The zero-order chi connectivity index (χ0) is 37.3. The molecule has 3 aromatic carbocycles. The molecule has 0 bridgehead atoms. The van der Waals surface area contributed by atoms with Crippen molar-refractivity contribution in [2.24, 2.45) is 0 Å². The molecule has 2 N–H and O–H groups in total. The van der Waals surface area contributed by atoms with Gasteiger partial charge in [-0.05, 0) is 91.2 Å². The Morgan fingerprint density at radius 2 is 1.71 bits per heavy atom. The van der Waals surface area contributed by atoms with Crippen LogP contribution in [0.4, 0.5) is 13.2 Å². The van der Waals surface area contributed by atoms with Gasteiger partial charge in [-0.25, -0.2) is 0 Å². The zero-order valence-corrected chi connectivity index (χ0v) is 30.4. The van der Waals surface area contributed by atoms with Crippen molar-refractivity contribution in [2.75, 3.05) is 40.3 Å². The quantitative estimate of drug-likeness (QED) is 0.115. The first-order chi connectivity index (χ1) is 24.9. The second kappa shape index (κ2) is 18.1. The van der Waals surface area contributed by atoms with Crippen molar-refractivity contribution in [1.29, 1.82) is 0 Å². The number of methoxy groups -OCH3 is 1. The molecule has 280 valence electrons. The molecule has 5 rings (SSSR count). The van der Waals surface area contributed by atoms with Crippen LogP contribution in [0, 0.1) is 13.8 Å². The van der Waals surface area contributed by atoms with Crippen molar-refractivity contribution in [3.8, 4) is 11.5 Å². The van der Waals surface area contributed by atoms with E-state index in [-0.39, 0.29) is 38.4 Å². The average molecular weight is 744 g/mol. The molecule has 2 aliphatic rings. The molecule has 1 heterocycles. The van der Waals surface area contributed by atoms with Gasteiger partial charge in [0, 0.05) is 36.8 Å². The molecular formula is C39H45ClF3N3O6. The Bertz CT molecular complexity index is 1710. The van der Waals surface area contributed by atoms with E-state index in [1.807, 2.05) is 61.2 Å². The Morgan fingerprint density at radius 1 is 1.00 bits per heavy atom. The molecule has 1 fully saturated rings. The summed E-state index contributed by atoms with van der Waals surface area (Å²) in [4.78, 5) is 28.3. The molecule has 0 radical (unpaired) electrons. The van der Waals surface area contributed by atoms with Crippen LogP contribution in [0.3, 0.4) is 0 Å². The first-order valence-corrected chi connectivity index (χ1v) is 17.7. The Kier molecular flexibility index (Phi) is 13.6. The minimum Gasteiger partial charge on any atom is -0.490 e. The maximum Gasteiger partial charge on any atom is 0.397 e. The third-order valence-corrected chi connectivity index (χ3v) is 9.28. The number of aryl methyl sites for hydroxylation is 2. The van der Waals surface area contributed by atoms with Crippen molar-refractivity contribution < 1.29 is 41.7 Å². The van der Waals surface area contributed by atoms with E-state index >= 15 is 0 Å². The molecule has 0 spiro atoms. The van der Waals surface area contributed by atoms with Gasteiger partial charge in [-0.3, -0.25) is 9.59 Å². The van der Waals surface area contributed by atoms with E-state index in [0.717, 1.165) is 40.9 Å². The number of rotatable bonds is 17. The predicted molar refractivity (Wildman–Crippen MR) is 192 cm³/mol. The third-order valence-electron chi connectivity index (χ3n) is 8.92. The van der Waals surface area contributed by atoms with Crippen LogP contribution in [0.2, 0.25) is 5.02 Å². The molecule has 1 saturated carbocycles. The van der Waals surface area contributed by atoms with Crippen molar-refractivity contribution in [2.45, 2.75) is 70.9 Å². The number of ether oxygens (including phenoxy) is 4. The van der Waals surface area contributed by atoms with Gasteiger partial charge in [0.25, 0.3) is 5.91 Å². The van der Waals surface area contributed by atoms with E-state index in [1.54, 1.807) is 18.2 Å². The second-order valence-electron chi connectivity index (χ2n) is 13.0. The Hall–Kier alpha value is -4.10. The summed E-state index contributed by atoms with van der Waals surface area (Å²) in [5.41, 5.74) is 5.73. The number of amides is 2. The van der Waals surface area contributed by atoms with Gasteiger partial charge in [-0.1, -0.05) is 54.1 Å². The van der Waals surface area contributed by atoms with Crippen molar-refractivity contribution in [1.82, 2.24) is 15.5 Å². The van der Waals surface area contributed by atoms with Crippen LogP contribution < -0.4 is 20.1 Å². The highest BCUT2D eigenvalue weighted by Gasteiger charge is 2.39. The van der Waals surface area contributed by atoms with Crippen LogP contribution in [0.5, 0.6) is 11.5 Å². The molecule has 52 heavy (non-hydrogen) atoms. The lowest BCUT2D eigenvalue weighted by Crippen LogP contribution is -2.47. The summed E-state index contributed by atoms with van der Waals surface area (Å²) >= 11 is 6.60. The Balaban J connectivity index is 1.34. The smallest absolute Gasteiger partial charge is 0.397 e. The van der Waals surface area contributed by atoms with Crippen molar-refractivity contribution >= 4 is 29.0 Å². The molecule has 3 aromatic rings. The third kappa shape index (κ3) is 11.0. The lowest BCUT2D eigenvalue weighted by atomic mass is 9.88. The number of halogens is 4. The van der Waals surface area contributed by atoms with Gasteiger partial charge < -0.3 is 34.5 Å². The SMILES string of the molecule is COCOCC1NCCC(c2ccc(OCCOc3c(C)cccc3C)cc2)=C1C(=O)N(Cc1cc(CNC(=O)CC(F)(F)F)ccc1Cl)C1CC1. The number of hydrogen-bond acceptors (Lipinski definition) is 7. The molecule has 1 aliphatic heterocycles. The summed E-state index contributed by atoms with van der Waals surface area (Å²) in [6.45, 7) is 5.79. The summed E-state index contributed by atoms with van der Waals surface area (Å²) in [6, 6.07) is 18.3. The fourth-order valence-corrected chi connectivity index (χ4v) is 6.44. The van der Waals surface area contributed by atoms with Gasteiger partial charge >= 0.3 is 6.18 Å². The standard InChI is InChI=1S/C39H45ClF3N3O6/c1-25-5-4-6-26(2)37(25)52-18-17-51-31-12-8-28(9-13-31)32-15-16-44-34(23-50-24-49-3)36(32)38(48)46(30-10-11-30)22-29-19-27(7-14-33(29)40)21-45-35(47)20-39(41,42)43/h4-9,12-14,19,30,34,44H,10-11,15-18,20-24H2,1-3H3,(H,45,47). The highest BCUT2D eigenvalue weighted by Crippen LogP contribution is 2.36. The molecule has 13 heteroatoms. The first-order valence-electron chi connectivity index (χ1n) is 17.3.